The molecule has 0 N–H and O–H groups in total. The Morgan fingerprint density at radius 3 is 2.50 bits per heavy atom. The number of rotatable bonds is 0. The van der Waals surface area contributed by atoms with Crippen LogP contribution in [0.1, 0.15) is 11.1 Å². The topological polar surface area (TPSA) is 12.9 Å². The fourth-order valence-electron chi connectivity index (χ4n) is 1.55. The highest BCUT2D eigenvalue weighted by Gasteiger charge is 2.33. The second-order valence-electron chi connectivity index (χ2n) is 3.51. The fourth-order valence-corrected chi connectivity index (χ4v) is 1.75. The molecule has 0 unspecified atom stereocenters. The van der Waals surface area contributed by atoms with Gasteiger partial charge in [0.15, 0.2) is 0 Å². The Bertz CT molecular complexity index is 549. The Morgan fingerprint density at radius 2 is 1.88 bits per heavy atom. The van der Waals surface area contributed by atoms with E-state index in [1.165, 1.54) is 6.07 Å². The number of hydrogen-bond donors (Lipinski definition) is 0. The maximum atomic E-state index is 12.7. The van der Waals surface area contributed by atoms with Crippen molar-refractivity contribution in [2.24, 2.45) is 0 Å². The van der Waals surface area contributed by atoms with Crippen LogP contribution in [0.25, 0.3) is 10.8 Å². The first kappa shape index (κ1) is 11.2. The number of hydrogen-bond acceptors (Lipinski definition) is 1. The number of pyridine rings is 1. The van der Waals surface area contributed by atoms with Crippen LogP contribution in [0, 0.1) is 6.92 Å². The minimum absolute atomic E-state index is 0.0816. The van der Waals surface area contributed by atoms with Gasteiger partial charge in [0.05, 0.1) is 5.56 Å². The molecule has 84 valence electrons. The SMILES string of the molecule is Cc1ccc2c(C(F)(F)F)cnc(Cl)c2c1. The van der Waals surface area contributed by atoms with Crippen molar-refractivity contribution in [2.45, 2.75) is 13.1 Å². The average molecular weight is 246 g/mol. The molecule has 5 heteroatoms. The Kier molecular flexibility index (Phi) is 2.54. The molecule has 0 bridgehead atoms. The lowest BCUT2D eigenvalue weighted by atomic mass is 10.1. The number of fused-ring (bicyclic) bond motifs is 1. The molecule has 0 saturated heterocycles. The molecule has 16 heavy (non-hydrogen) atoms. The van der Waals surface area contributed by atoms with Crippen LogP contribution < -0.4 is 0 Å². The zero-order chi connectivity index (χ0) is 11.9. The van der Waals surface area contributed by atoms with Gasteiger partial charge in [0.2, 0.25) is 0 Å². The molecule has 2 rings (SSSR count). The van der Waals surface area contributed by atoms with Crippen LogP contribution in [0.15, 0.2) is 24.4 Å². The smallest absolute Gasteiger partial charge is 0.243 e. The maximum absolute atomic E-state index is 12.7. The van der Waals surface area contributed by atoms with Crippen molar-refractivity contribution in [1.82, 2.24) is 4.98 Å². The summed E-state index contributed by atoms with van der Waals surface area (Å²) in [5, 5.41) is 0.501. The highest BCUT2D eigenvalue weighted by molar-refractivity contribution is 6.34. The first-order chi connectivity index (χ1) is 7.39. The lowest BCUT2D eigenvalue weighted by Gasteiger charge is -2.10. The molecule has 0 radical (unpaired) electrons. The molecule has 0 spiro atoms. The van der Waals surface area contributed by atoms with Gasteiger partial charge in [0.1, 0.15) is 5.15 Å². The number of nitrogens with zero attached hydrogens (tertiary/aromatic N) is 1. The first-order valence-electron chi connectivity index (χ1n) is 4.51. The minimum Gasteiger partial charge on any atom is -0.243 e. The second-order valence-corrected chi connectivity index (χ2v) is 3.87. The molecule has 1 heterocycles. The molecular formula is C11H7ClF3N. The molecule has 0 fully saturated rings. The highest BCUT2D eigenvalue weighted by Crippen LogP contribution is 2.36. The predicted molar refractivity (Wildman–Crippen MR) is 56.5 cm³/mol. The van der Waals surface area contributed by atoms with Gasteiger partial charge in [-0.25, -0.2) is 4.98 Å². The average Bonchev–Trinajstić information content (AvgIpc) is 2.17. The van der Waals surface area contributed by atoms with E-state index >= 15 is 0 Å². The molecule has 0 amide bonds. The molecule has 1 aromatic carbocycles. The van der Waals surface area contributed by atoms with E-state index in [-0.39, 0.29) is 10.5 Å². The van der Waals surface area contributed by atoms with Gasteiger partial charge in [-0.3, -0.25) is 0 Å². The largest absolute Gasteiger partial charge is 0.418 e. The van der Waals surface area contributed by atoms with E-state index in [9.17, 15) is 13.2 Å². The number of alkyl halides is 3. The van der Waals surface area contributed by atoms with Crippen molar-refractivity contribution in [1.29, 1.82) is 0 Å². The summed E-state index contributed by atoms with van der Waals surface area (Å²) in [4.78, 5) is 3.56. The van der Waals surface area contributed by atoms with E-state index in [1.54, 1.807) is 19.1 Å². The van der Waals surface area contributed by atoms with Crippen molar-refractivity contribution in [3.63, 3.8) is 0 Å². The summed E-state index contributed by atoms with van der Waals surface area (Å²) in [6.07, 6.45) is -3.65. The zero-order valence-electron chi connectivity index (χ0n) is 8.27. The quantitative estimate of drug-likeness (QED) is 0.634. The molecule has 0 aliphatic rings. The van der Waals surface area contributed by atoms with Crippen LogP contribution in [0.2, 0.25) is 5.15 Å². The predicted octanol–water partition coefficient (Wildman–Crippen LogP) is 4.22. The Labute approximate surface area is 94.9 Å². The standard InChI is InChI=1S/C11H7ClF3N/c1-6-2-3-7-8(4-6)10(12)16-5-9(7)11(13,14)15/h2-5H,1H3. The maximum Gasteiger partial charge on any atom is 0.418 e. The molecule has 0 aliphatic carbocycles. The van der Waals surface area contributed by atoms with Crippen LogP contribution in [0.4, 0.5) is 13.2 Å². The number of benzene rings is 1. The molecule has 1 aromatic heterocycles. The lowest BCUT2D eigenvalue weighted by molar-refractivity contribution is -0.136. The van der Waals surface area contributed by atoms with Gasteiger partial charge >= 0.3 is 6.18 Å². The number of aromatic nitrogens is 1. The summed E-state index contributed by atoms with van der Waals surface area (Å²) in [5.41, 5.74) is 0.0856. The Morgan fingerprint density at radius 1 is 1.19 bits per heavy atom. The van der Waals surface area contributed by atoms with Crippen LogP contribution in [-0.2, 0) is 6.18 Å². The van der Waals surface area contributed by atoms with E-state index in [0.29, 0.717) is 5.39 Å². The van der Waals surface area contributed by atoms with Gasteiger partial charge in [-0.1, -0.05) is 29.3 Å². The van der Waals surface area contributed by atoms with Crippen molar-refractivity contribution in [3.05, 3.63) is 40.7 Å². The van der Waals surface area contributed by atoms with Gasteiger partial charge in [0, 0.05) is 11.6 Å². The summed E-state index contributed by atoms with van der Waals surface area (Å²) < 4.78 is 38.0. The summed E-state index contributed by atoms with van der Waals surface area (Å²) >= 11 is 5.77. The van der Waals surface area contributed by atoms with E-state index in [2.05, 4.69) is 4.98 Å². The van der Waals surface area contributed by atoms with Crippen LogP contribution in [0.3, 0.4) is 0 Å². The van der Waals surface area contributed by atoms with Crippen LogP contribution in [-0.4, -0.2) is 4.98 Å². The van der Waals surface area contributed by atoms with Crippen molar-refractivity contribution < 1.29 is 13.2 Å². The van der Waals surface area contributed by atoms with E-state index < -0.39 is 11.7 Å². The van der Waals surface area contributed by atoms with Gasteiger partial charge in [0.25, 0.3) is 0 Å². The van der Waals surface area contributed by atoms with Crippen LogP contribution in [0.5, 0.6) is 0 Å². The monoisotopic (exact) mass is 245 g/mol. The lowest BCUT2D eigenvalue weighted by Crippen LogP contribution is -2.06. The van der Waals surface area contributed by atoms with Gasteiger partial charge < -0.3 is 0 Å². The fraction of sp³-hybridized carbons (Fsp3) is 0.182. The highest BCUT2D eigenvalue weighted by atomic mass is 35.5. The van der Waals surface area contributed by atoms with Gasteiger partial charge in [-0.15, -0.1) is 0 Å². The Balaban J connectivity index is 2.85. The zero-order valence-corrected chi connectivity index (χ0v) is 9.02. The molecule has 0 atom stereocenters. The normalized spacial score (nSPS) is 12.1. The summed E-state index contributed by atoms with van der Waals surface area (Å²) in [6.45, 7) is 1.79. The van der Waals surface area contributed by atoms with E-state index in [4.69, 9.17) is 11.6 Å². The minimum atomic E-state index is -4.41. The number of halogens is 4. The Hall–Kier alpha value is -1.29. The van der Waals surface area contributed by atoms with Gasteiger partial charge in [-0.2, -0.15) is 13.2 Å². The van der Waals surface area contributed by atoms with E-state index in [0.717, 1.165) is 11.8 Å². The molecule has 0 aliphatic heterocycles. The van der Waals surface area contributed by atoms with Crippen LogP contribution >= 0.6 is 11.6 Å². The summed E-state index contributed by atoms with van der Waals surface area (Å²) in [5.74, 6) is 0. The van der Waals surface area contributed by atoms with E-state index in [1.807, 2.05) is 0 Å². The molecule has 2 aromatic rings. The molecule has 0 saturated carbocycles. The third-order valence-corrected chi connectivity index (χ3v) is 2.60. The van der Waals surface area contributed by atoms with Crippen molar-refractivity contribution >= 4 is 22.4 Å². The summed E-state index contributed by atoms with van der Waals surface area (Å²) in [7, 11) is 0. The second kappa shape index (κ2) is 3.63. The molecule has 1 nitrogen and oxygen atoms in total. The molecular weight excluding hydrogens is 239 g/mol. The van der Waals surface area contributed by atoms with Crippen molar-refractivity contribution in [3.8, 4) is 0 Å². The third-order valence-electron chi connectivity index (χ3n) is 2.30. The summed E-state index contributed by atoms with van der Waals surface area (Å²) in [6, 6.07) is 4.63. The van der Waals surface area contributed by atoms with Crippen molar-refractivity contribution in [2.75, 3.05) is 0 Å². The number of aryl methyl sites for hydroxylation is 1. The van der Waals surface area contributed by atoms with Gasteiger partial charge in [-0.05, 0) is 18.4 Å². The third kappa shape index (κ3) is 1.85. The first-order valence-corrected chi connectivity index (χ1v) is 4.89.